The van der Waals surface area contributed by atoms with Crippen LogP contribution in [0.2, 0.25) is 0 Å². The quantitative estimate of drug-likeness (QED) is 0.495. The van der Waals surface area contributed by atoms with Gasteiger partial charge in [-0.1, -0.05) is 0 Å². The molecule has 2 heterocycles. The Morgan fingerprint density at radius 1 is 1.23 bits per heavy atom. The van der Waals surface area contributed by atoms with Crippen LogP contribution in [0.5, 0.6) is 0 Å². The fourth-order valence-corrected chi connectivity index (χ4v) is 4.20. The summed E-state index contributed by atoms with van der Waals surface area (Å²) in [6, 6.07) is 6.01. The number of thiophene rings is 1. The molecule has 0 unspecified atom stereocenters. The highest BCUT2D eigenvalue weighted by Crippen LogP contribution is 2.34. The third-order valence-corrected chi connectivity index (χ3v) is 5.66. The summed E-state index contributed by atoms with van der Waals surface area (Å²) in [5.41, 5.74) is 0.123. The number of carbonyl (C=O) groups excluding carboxylic acids is 1. The van der Waals surface area contributed by atoms with Gasteiger partial charge in [0, 0.05) is 21.4 Å². The Morgan fingerprint density at radius 3 is 2.58 bits per heavy atom. The molecule has 0 aliphatic rings. The van der Waals surface area contributed by atoms with Crippen LogP contribution in [-0.2, 0) is 0 Å². The second kappa shape index (κ2) is 6.93. The molecule has 0 fully saturated rings. The number of nitrogens with one attached hydrogen (secondary N) is 1. The summed E-state index contributed by atoms with van der Waals surface area (Å²) in [6.07, 6.45) is 0. The second-order valence-corrected chi connectivity index (χ2v) is 8.14. The molecule has 1 aromatic carbocycles. The standard InChI is InChI=1S/C17H14FN3O3S2/c1-8-4-5-14(25-8)15-10(3)26-17(19-15)20-16(22)11-6-12(18)9(2)13(7-11)21(23)24/h4-7H,1-3H3,(H,19,20,22). The van der Waals surface area contributed by atoms with Crippen LogP contribution in [0, 0.1) is 36.7 Å². The lowest BCUT2D eigenvalue weighted by atomic mass is 10.1. The highest BCUT2D eigenvalue weighted by Gasteiger charge is 2.21. The molecule has 26 heavy (non-hydrogen) atoms. The van der Waals surface area contributed by atoms with Gasteiger partial charge in [-0.2, -0.15) is 0 Å². The fourth-order valence-electron chi connectivity index (χ4n) is 2.39. The summed E-state index contributed by atoms with van der Waals surface area (Å²) in [6.45, 7) is 5.19. The maximum Gasteiger partial charge on any atom is 0.276 e. The molecule has 0 atom stereocenters. The van der Waals surface area contributed by atoms with Crippen LogP contribution in [-0.4, -0.2) is 15.8 Å². The first-order valence-corrected chi connectivity index (χ1v) is 9.19. The van der Waals surface area contributed by atoms with Gasteiger partial charge < -0.3 is 0 Å². The molecule has 134 valence electrons. The van der Waals surface area contributed by atoms with Crippen molar-refractivity contribution in [3.05, 3.63) is 61.1 Å². The Balaban J connectivity index is 1.88. The molecular weight excluding hydrogens is 377 g/mol. The van der Waals surface area contributed by atoms with Crippen molar-refractivity contribution in [3.8, 4) is 10.6 Å². The number of halogens is 1. The zero-order valence-electron chi connectivity index (χ0n) is 14.1. The highest BCUT2D eigenvalue weighted by molar-refractivity contribution is 7.18. The van der Waals surface area contributed by atoms with E-state index in [1.165, 1.54) is 18.3 Å². The number of hydrogen-bond donors (Lipinski definition) is 1. The lowest BCUT2D eigenvalue weighted by molar-refractivity contribution is -0.385. The lowest BCUT2D eigenvalue weighted by Crippen LogP contribution is -2.13. The van der Waals surface area contributed by atoms with Crippen molar-refractivity contribution < 1.29 is 14.1 Å². The van der Waals surface area contributed by atoms with Crippen molar-refractivity contribution in [1.82, 2.24) is 4.98 Å². The van der Waals surface area contributed by atoms with Gasteiger partial charge in [0.1, 0.15) is 5.82 Å². The molecule has 1 amide bonds. The topological polar surface area (TPSA) is 85.1 Å². The van der Waals surface area contributed by atoms with Gasteiger partial charge in [0.25, 0.3) is 11.6 Å². The minimum atomic E-state index is -0.797. The number of amides is 1. The zero-order valence-corrected chi connectivity index (χ0v) is 15.8. The van der Waals surface area contributed by atoms with Crippen LogP contribution < -0.4 is 5.32 Å². The molecule has 9 heteroatoms. The summed E-state index contributed by atoms with van der Waals surface area (Å²) in [5, 5.41) is 14.0. The third kappa shape index (κ3) is 3.49. The van der Waals surface area contributed by atoms with Gasteiger partial charge in [0.2, 0.25) is 0 Å². The van der Waals surface area contributed by atoms with Gasteiger partial charge in [-0.3, -0.25) is 20.2 Å². The average Bonchev–Trinajstić information content (AvgIpc) is 3.15. The third-order valence-electron chi connectivity index (χ3n) is 3.77. The number of rotatable bonds is 4. The monoisotopic (exact) mass is 391 g/mol. The number of aromatic nitrogens is 1. The van der Waals surface area contributed by atoms with E-state index in [1.54, 1.807) is 11.3 Å². The highest BCUT2D eigenvalue weighted by atomic mass is 32.1. The van der Waals surface area contributed by atoms with E-state index in [0.717, 1.165) is 32.5 Å². The number of nitrogens with zero attached hydrogens (tertiary/aromatic N) is 2. The second-order valence-electron chi connectivity index (χ2n) is 5.65. The Bertz CT molecular complexity index is 1030. The van der Waals surface area contributed by atoms with E-state index in [0.29, 0.717) is 5.13 Å². The molecule has 0 saturated heterocycles. The molecule has 2 aromatic heterocycles. The molecule has 0 aliphatic carbocycles. The van der Waals surface area contributed by atoms with E-state index in [4.69, 9.17) is 0 Å². The van der Waals surface area contributed by atoms with Crippen LogP contribution in [0.1, 0.15) is 25.7 Å². The fraction of sp³-hybridized carbons (Fsp3) is 0.176. The predicted molar refractivity (Wildman–Crippen MR) is 101 cm³/mol. The van der Waals surface area contributed by atoms with Crippen LogP contribution in [0.3, 0.4) is 0 Å². The number of hydrogen-bond acceptors (Lipinski definition) is 6. The first kappa shape index (κ1) is 18.2. The van der Waals surface area contributed by atoms with Gasteiger partial charge in [0.15, 0.2) is 5.13 Å². The van der Waals surface area contributed by atoms with Crippen molar-refractivity contribution in [2.45, 2.75) is 20.8 Å². The molecule has 3 rings (SSSR count). The van der Waals surface area contributed by atoms with Crippen molar-refractivity contribution in [2.75, 3.05) is 5.32 Å². The number of nitro benzene ring substituents is 1. The van der Waals surface area contributed by atoms with Gasteiger partial charge in [0.05, 0.1) is 21.1 Å². The van der Waals surface area contributed by atoms with Gasteiger partial charge in [-0.05, 0) is 39.0 Å². The Kier molecular flexibility index (Phi) is 4.84. The minimum Gasteiger partial charge on any atom is -0.298 e. The number of carbonyl (C=O) groups is 1. The molecule has 0 saturated carbocycles. The molecule has 6 nitrogen and oxygen atoms in total. The molecule has 0 aliphatic heterocycles. The van der Waals surface area contributed by atoms with Crippen molar-refractivity contribution >= 4 is 39.4 Å². The van der Waals surface area contributed by atoms with Crippen LogP contribution in [0.25, 0.3) is 10.6 Å². The summed E-state index contributed by atoms with van der Waals surface area (Å²) < 4.78 is 13.9. The van der Waals surface area contributed by atoms with E-state index >= 15 is 0 Å². The predicted octanol–water partition coefficient (Wildman–Crippen LogP) is 5.10. The number of nitro groups is 1. The van der Waals surface area contributed by atoms with E-state index in [-0.39, 0.29) is 11.1 Å². The summed E-state index contributed by atoms with van der Waals surface area (Å²) in [4.78, 5) is 30.2. The summed E-state index contributed by atoms with van der Waals surface area (Å²) in [5.74, 6) is -1.44. The van der Waals surface area contributed by atoms with E-state index in [9.17, 15) is 19.3 Å². The molecule has 1 N–H and O–H groups in total. The molecule has 0 spiro atoms. The number of benzene rings is 1. The Morgan fingerprint density at radius 2 is 1.96 bits per heavy atom. The summed E-state index contributed by atoms with van der Waals surface area (Å²) >= 11 is 2.89. The molecule has 0 radical (unpaired) electrons. The van der Waals surface area contributed by atoms with Gasteiger partial charge in [-0.15, -0.1) is 22.7 Å². The first-order chi connectivity index (χ1) is 12.3. The largest absolute Gasteiger partial charge is 0.298 e. The normalized spacial score (nSPS) is 10.8. The number of aryl methyl sites for hydroxylation is 2. The summed E-state index contributed by atoms with van der Waals surface area (Å²) in [7, 11) is 0. The van der Waals surface area contributed by atoms with Gasteiger partial charge in [-0.25, -0.2) is 9.37 Å². The van der Waals surface area contributed by atoms with Crippen LogP contribution in [0.4, 0.5) is 15.2 Å². The zero-order chi connectivity index (χ0) is 19.0. The molecule has 0 bridgehead atoms. The van der Waals surface area contributed by atoms with E-state index in [1.807, 2.05) is 26.0 Å². The molecular formula is C17H14FN3O3S2. The minimum absolute atomic E-state index is 0.105. The van der Waals surface area contributed by atoms with Crippen LogP contribution >= 0.6 is 22.7 Å². The van der Waals surface area contributed by atoms with Crippen LogP contribution in [0.15, 0.2) is 24.3 Å². The average molecular weight is 391 g/mol. The molecule has 3 aromatic rings. The smallest absolute Gasteiger partial charge is 0.276 e. The van der Waals surface area contributed by atoms with Crippen molar-refractivity contribution in [2.24, 2.45) is 0 Å². The number of anilines is 1. The van der Waals surface area contributed by atoms with E-state index in [2.05, 4.69) is 10.3 Å². The SMILES string of the molecule is Cc1ccc(-c2nc(NC(=O)c3cc(F)c(C)c([N+](=O)[O-])c3)sc2C)s1. The Hall–Kier alpha value is -2.65. The van der Waals surface area contributed by atoms with Gasteiger partial charge >= 0.3 is 0 Å². The maximum absolute atomic E-state index is 13.9. The first-order valence-electron chi connectivity index (χ1n) is 7.56. The number of thiazole rings is 1. The van der Waals surface area contributed by atoms with Crippen molar-refractivity contribution in [3.63, 3.8) is 0 Å². The van der Waals surface area contributed by atoms with Crippen molar-refractivity contribution in [1.29, 1.82) is 0 Å². The maximum atomic E-state index is 13.9. The van der Waals surface area contributed by atoms with E-state index < -0.39 is 22.3 Å². The Labute approximate surface area is 156 Å². The lowest BCUT2D eigenvalue weighted by Gasteiger charge is -2.04.